The Morgan fingerprint density at radius 1 is 1.29 bits per heavy atom. The van der Waals surface area contributed by atoms with Gasteiger partial charge in [0.2, 0.25) is 5.91 Å². The number of anilines is 1. The number of halogens is 2. The van der Waals surface area contributed by atoms with Crippen LogP contribution in [0.15, 0.2) is 18.2 Å². The Balaban J connectivity index is 0.00000104. The molecular weight excluding hydrogens is 347 g/mol. The van der Waals surface area contributed by atoms with E-state index in [1.54, 1.807) is 0 Å². The standard InChI is InChI=1S/C17H22N4O.2ClH/c1-10(12-8-18-9-12)17(22)19-13-5-6-14-15(7-13)21-16(20-14)11-3-2-4-11;;/h5-7,10-12,18H,2-4,8-9H2,1H3,(H,19,22)(H,20,21);2*1H. The second-order valence-corrected chi connectivity index (χ2v) is 6.68. The van der Waals surface area contributed by atoms with E-state index in [-0.39, 0.29) is 36.6 Å². The molecule has 1 unspecified atom stereocenters. The van der Waals surface area contributed by atoms with Gasteiger partial charge >= 0.3 is 0 Å². The number of carbonyl (C=O) groups excluding carboxylic acids is 1. The molecule has 24 heavy (non-hydrogen) atoms. The third-order valence-electron chi connectivity index (χ3n) is 5.19. The van der Waals surface area contributed by atoms with Crippen molar-refractivity contribution in [1.82, 2.24) is 15.3 Å². The Morgan fingerprint density at radius 2 is 2.04 bits per heavy atom. The number of rotatable bonds is 4. The molecule has 1 aliphatic heterocycles. The molecule has 4 rings (SSSR count). The molecule has 7 heteroatoms. The van der Waals surface area contributed by atoms with Gasteiger partial charge in [0.15, 0.2) is 0 Å². The van der Waals surface area contributed by atoms with Crippen molar-refractivity contribution in [1.29, 1.82) is 0 Å². The SMILES string of the molecule is CC(C(=O)Nc1ccc2nc(C3CCC3)[nH]c2c1)C1CNC1.Cl.Cl. The summed E-state index contributed by atoms with van der Waals surface area (Å²) in [6.07, 6.45) is 3.77. The molecule has 1 atom stereocenters. The van der Waals surface area contributed by atoms with Crippen LogP contribution in [-0.4, -0.2) is 29.0 Å². The van der Waals surface area contributed by atoms with Gasteiger partial charge in [0, 0.05) is 17.5 Å². The number of H-pyrrole nitrogens is 1. The van der Waals surface area contributed by atoms with E-state index in [4.69, 9.17) is 0 Å². The second kappa shape index (κ2) is 7.72. The molecule has 132 valence electrons. The van der Waals surface area contributed by atoms with Gasteiger partial charge in [-0.15, -0.1) is 24.8 Å². The average Bonchev–Trinajstić information content (AvgIpc) is 2.76. The average molecular weight is 371 g/mol. The van der Waals surface area contributed by atoms with Crippen LogP contribution in [0.4, 0.5) is 5.69 Å². The molecule has 2 aromatic rings. The number of benzene rings is 1. The normalized spacial score (nSPS) is 18.7. The van der Waals surface area contributed by atoms with E-state index in [2.05, 4.69) is 20.6 Å². The summed E-state index contributed by atoms with van der Waals surface area (Å²) in [4.78, 5) is 20.4. The number of aromatic nitrogens is 2. The van der Waals surface area contributed by atoms with Gasteiger partial charge < -0.3 is 15.6 Å². The van der Waals surface area contributed by atoms with Gasteiger partial charge in [-0.1, -0.05) is 13.3 Å². The molecule has 0 radical (unpaired) electrons. The minimum atomic E-state index is 0. The molecule has 1 aromatic carbocycles. The lowest BCUT2D eigenvalue weighted by molar-refractivity contribution is -0.121. The third-order valence-corrected chi connectivity index (χ3v) is 5.19. The molecule has 1 amide bonds. The van der Waals surface area contributed by atoms with E-state index in [9.17, 15) is 4.79 Å². The van der Waals surface area contributed by atoms with Crippen molar-refractivity contribution in [3.63, 3.8) is 0 Å². The Morgan fingerprint density at radius 3 is 2.62 bits per heavy atom. The predicted octanol–water partition coefficient (Wildman–Crippen LogP) is 3.47. The lowest BCUT2D eigenvalue weighted by atomic mass is 9.85. The maximum atomic E-state index is 12.3. The number of amides is 1. The number of carbonyl (C=O) groups is 1. The molecule has 1 aromatic heterocycles. The predicted molar refractivity (Wildman–Crippen MR) is 101 cm³/mol. The van der Waals surface area contributed by atoms with Gasteiger partial charge in [0.25, 0.3) is 0 Å². The zero-order valence-corrected chi connectivity index (χ0v) is 15.3. The largest absolute Gasteiger partial charge is 0.342 e. The van der Waals surface area contributed by atoms with Crippen LogP contribution in [-0.2, 0) is 4.79 Å². The molecule has 5 nitrogen and oxygen atoms in total. The van der Waals surface area contributed by atoms with E-state index >= 15 is 0 Å². The van der Waals surface area contributed by atoms with Crippen molar-refractivity contribution in [2.75, 3.05) is 18.4 Å². The maximum Gasteiger partial charge on any atom is 0.227 e. The van der Waals surface area contributed by atoms with Gasteiger partial charge in [-0.3, -0.25) is 4.79 Å². The minimum absolute atomic E-state index is 0. The minimum Gasteiger partial charge on any atom is -0.342 e. The first-order valence-corrected chi connectivity index (χ1v) is 8.22. The molecule has 1 saturated carbocycles. The third kappa shape index (κ3) is 3.53. The van der Waals surface area contributed by atoms with Crippen molar-refractivity contribution in [2.24, 2.45) is 11.8 Å². The van der Waals surface area contributed by atoms with Crippen LogP contribution in [0.5, 0.6) is 0 Å². The van der Waals surface area contributed by atoms with Crippen molar-refractivity contribution >= 4 is 47.4 Å². The van der Waals surface area contributed by atoms with Crippen LogP contribution in [0.1, 0.15) is 37.9 Å². The Kier molecular flexibility index (Phi) is 6.12. The second-order valence-electron chi connectivity index (χ2n) is 6.68. The van der Waals surface area contributed by atoms with Crippen molar-refractivity contribution in [3.8, 4) is 0 Å². The Hall–Kier alpha value is -1.30. The van der Waals surface area contributed by atoms with E-state index < -0.39 is 0 Å². The highest BCUT2D eigenvalue weighted by molar-refractivity contribution is 5.94. The van der Waals surface area contributed by atoms with Crippen LogP contribution in [0, 0.1) is 11.8 Å². The summed E-state index contributed by atoms with van der Waals surface area (Å²) in [7, 11) is 0. The summed E-state index contributed by atoms with van der Waals surface area (Å²) in [6.45, 7) is 3.89. The molecule has 1 aliphatic carbocycles. The lowest BCUT2D eigenvalue weighted by Crippen LogP contribution is -2.48. The number of aromatic amines is 1. The highest BCUT2D eigenvalue weighted by Gasteiger charge is 2.28. The number of nitrogens with zero attached hydrogens (tertiary/aromatic N) is 1. The molecule has 2 aliphatic rings. The monoisotopic (exact) mass is 370 g/mol. The smallest absolute Gasteiger partial charge is 0.227 e. The van der Waals surface area contributed by atoms with Crippen molar-refractivity contribution in [3.05, 3.63) is 24.0 Å². The Labute approximate surface area is 154 Å². The summed E-state index contributed by atoms with van der Waals surface area (Å²) in [5.74, 6) is 2.30. The number of imidazole rings is 1. The molecule has 0 bridgehead atoms. The summed E-state index contributed by atoms with van der Waals surface area (Å²) in [5.41, 5.74) is 2.84. The number of hydrogen-bond donors (Lipinski definition) is 3. The molecule has 2 fully saturated rings. The highest BCUT2D eigenvalue weighted by atomic mass is 35.5. The van der Waals surface area contributed by atoms with Crippen LogP contribution in [0.2, 0.25) is 0 Å². The summed E-state index contributed by atoms with van der Waals surface area (Å²) < 4.78 is 0. The summed E-state index contributed by atoms with van der Waals surface area (Å²) in [6, 6.07) is 5.92. The van der Waals surface area contributed by atoms with Gasteiger partial charge in [-0.25, -0.2) is 4.98 Å². The van der Waals surface area contributed by atoms with Crippen molar-refractivity contribution in [2.45, 2.75) is 32.1 Å². The number of fused-ring (bicyclic) bond motifs is 1. The van der Waals surface area contributed by atoms with Crippen LogP contribution >= 0.6 is 24.8 Å². The van der Waals surface area contributed by atoms with E-state index in [0.29, 0.717) is 11.8 Å². The van der Waals surface area contributed by atoms with E-state index in [1.165, 1.54) is 19.3 Å². The molecule has 0 spiro atoms. The number of nitrogens with one attached hydrogen (secondary N) is 3. The Bertz CT molecular complexity index is 710. The van der Waals surface area contributed by atoms with E-state index in [0.717, 1.165) is 35.6 Å². The summed E-state index contributed by atoms with van der Waals surface area (Å²) in [5, 5.41) is 6.25. The molecule has 1 saturated heterocycles. The number of hydrogen-bond acceptors (Lipinski definition) is 3. The highest BCUT2D eigenvalue weighted by Crippen LogP contribution is 2.35. The fourth-order valence-corrected chi connectivity index (χ4v) is 3.12. The van der Waals surface area contributed by atoms with Crippen LogP contribution in [0.3, 0.4) is 0 Å². The first-order chi connectivity index (χ1) is 10.7. The van der Waals surface area contributed by atoms with Crippen LogP contribution in [0.25, 0.3) is 11.0 Å². The zero-order chi connectivity index (χ0) is 15.1. The van der Waals surface area contributed by atoms with Crippen LogP contribution < -0.4 is 10.6 Å². The van der Waals surface area contributed by atoms with Gasteiger partial charge in [-0.2, -0.15) is 0 Å². The first kappa shape index (κ1) is 19.0. The molecule has 3 N–H and O–H groups in total. The van der Waals surface area contributed by atoms with Crippen molar-refractivity contribution < 1.29 is 4.79 Å². The quantitative estimate of drug-likeness (QED) is 0.771. The summed E-state index contributed by atoms with van der Waals surface area (Å²) >= 11 is 0. The van der Waals surface area contributed by atoms with Gasteiger partial charge in [0.05, 0.1) is 11.0 Å². The first-order valence-electron chi connectivity index (χ1n) is 8.22. The topological polar surface area (TPSA) is 69.8 Å². The maximum absolute atomic E-state index is 12.3. The van der Waals surface area contributed by atoms with E-state index in [1.807, 2.05) is 25.1 Å². The fourth-order valence-electron chi connectivity index (χ4n) is 3.12. The molecular formula is C17H24Cl2N4O. The van der Waals surface area contributed by atoms with Gasteiger partial charge in [-0.05, 0) is 50.0 Å². The lowest BCUT2D eigenvalue weighted by Gasteiger charge is -2.31. The fraction of sp³-hybridized carbons (Fsp3) is 0.529. The molecule has 2 heterocycles. The van der Waals surface area contributed by atoms with Gasteiger partial charge in [0.1, 0.15) is 5.82 Å². The zero-order valence-electron chi connectivity index (χ0n) is 13.7.